The van der Waals surface area contributed by atoms with Crippen LogP contribution in [0.25, 0.3) is 0 Å². The van der Waals surface area contributed by atoms with Crippen LogP contribution in [-0.4, -0.2) is 58.4 Å². The van der Waals surface area contributed by atoms with Gasteiger partial charge in [-0.05, 0) is 31.4 Å². The van der Waals surface area contributed by atoms with E-state index in [-0.39, 0.29) is 35.4 Å². The minimum absolute atomic E-state index is 0.0260. The second-order valence-corrected chi connectivity index (χ2v) is 8.12. The van der Waals surface area contributed by atoms with E-state index >= 15 is 0 Å². The van der Waals surface area contributed by atoms with Crippen molar-refractivity contribution in [3.63, 3.8) is 0 Å². The molecule has 6 nitrogen and oxygen atoms in total. The van der Waals surface area contributed by atoms with Crippen LogP contribution in [0.4, 0.5) is 0 Å². The first-order valence-electron chi connectivity index (χ1n) is 9.56. The Morgan fingerprint density at radius 1 is 1.27 bits per heavy atom. The molecule has 4 rings (SSSR count). The molecule has 0 N–H and O–H groups in total. The molecule has 1 aromatic rings. The van der Waals surface area contributed by atoms with Gasteiger partial charge in [0.15, 0.2) is 0 Å². The van der Waals surface area contributed by atoms with Gasteiger partial charge < -0.3 is 14.5 Å². The molecular formula is C20H27N3O3. The Morgan fingerprint density at radius 2 is 2.00 bits per heavy atom. The van der Waals surface area contributed by atoms with E-state index in [4.69, 9.17) is 4.74 Å². The summed E-state index contributed by atoms with van der Waals surface area (Å²) < 4.78 is 5.32. The number of methoxy groups -OCH3 is 1. The number of carbonyl (C=O) groups is 2. The Morgan fingerprint density at radius 3 is 2.69 bits per heavy atom. The standard InChI is InChI=1S/C20H27N3O3/c1-13(24)23-14-11-20(2)16(8-4-5-9-17(20)23)22(12-14)19(25)15-7-6-10-21-18(15)26-3/h6-7,10,14,16-17H,4-5,8-9,11-12H2,1-3H3/t14-,16+,17-,20+/m0/s1. The van der Waals surface area contributed by atoms with Crippen molar-refractivity contribution in [2.24, 2.45) is 5.41 Å². The molecule has 140 valence electrons. The summed E-state index contributed by atoms with van der Waals surface area (Å²) in [5, 5.41) is 0. The molecule has 4 atom stereocenters. The number of carbonyl (C=O) groups excluding carboxylic acids is 2. The molecule has 2 aliphatic heterocycles. The van der Waals surface area contributed by atoms with E-state index in [1.54, 1.807) is 32.4 Å². The van der Waals surface area contributed by atoms with Gasteiger partial charge in [-0.3, -0.25) is 9.59 Å². The van der Waals surface area contributed by atoms with Gasteiger partial charge in [-0.25, -0.2) is 4.98 Å². The van der Waals surface area contributed by atoms with Crippen LogP contribution in [0, 0.1) is 5.41 Å². The van der Waals surface area contributed by atoms with Crippen LogP contribution in [-0.2, 0) is 4.79 Å². The molecule has 0 radical (unpaired) electrons. The maximum atomic E-state index is 13.4. The summed E-state index contributed by atoms with van der Waals surface area (Å²) >= 11 is 0. The summed E-state index contributed by atoms with van der Waals surface area (Å²) in [5.74, 6) is 0.480. The summed E-state index contributed by atoms with van der Waals surface area (Å²) in [6.07, 6.45) is 6.89. The van der Waals surface area contributed by atoms with Gasteiger partial charge in [0.25, 0.3) is 5.91 Å². The summed E-state index contributed by atoms with van der Waals surface area (Å²) in [6, 6.07) is 4.07. The van der Waals surface area contributed by atoms with Crippen molar-refractivity contribution in [2.75, 3.05) is 13.7 Å². The highest BCUT2D eigenvalue weighted by Crippen LogP contribution is 2.53. The average Bonchev–Trinajstić information content (AvgIpc) is 2.75. The quantitative estimate of drug-likeness (QED) is 0.816. The van der Waals surface area contributed by atoms with Gasteiger partial charge in [-0.1, -0.05) is 19.8 Å². The van der Waals surface area contributed by atoms with Crippen molar-refractivity contribution in [2.45, 2.75) is 64.1 Å². The first kappa shape index (κ1) is 17.3. The van der Waals surface area contributed by atoms with Gasteiger partial charge in [-0.2, -0.15) is 0 Å². The molecule has 1 aliphatic carbocycles. The Kier molecular flexibility index (Phi) is 4.16. The highest BCUT2D eigenvalue weighted by Gasteiger charge is 2.60. The lowest BCUT2D eigenvalue weighted by molar-refractivity contribution is -0.132. The number of likely N-dealkylation sites (tertiary alicyclic amines) is 2. The van der Waals surface area contributed by atoms with Crippen molar-refractivity contribution in [3.8, 4) is 5.88 Å². The number of nitrogens with zero attached hydrogens (tertiary/aromatic N) is 3. The maximum absolute atomic E-state index is 13.4. The molecular weight excluding hydrogens is 330 g/mol. The van der Waals surface area contributed by atoms with Crippen LogP contribution in [0.15, 0.2) is 18.3 Å². The van der Waals surface area contributed by atoms with Crippen LogP contribution in [0.2, 0.25) is 0 Å². The topological polar surface area (TPSA) is 62.7 Å². The van der Waals surface area contributed by atoms with Crippen molar-refractivity contribution in [1.29, 1.82) is 0 Å². The molecule has 3 heterocycles. The molecule has 6 heteroatoms. The van der Waals surface area contributed by atoms with E-state index in [0.29, 0.717) is 18.0 Å². The first-order valence-corrected chi connectivity index (χ1v) is 9.56. The summed E-state index contributed by atoms with van der Waals surface area (Å²) in [5.41, 5.74) is 0.478. The van der Waals surface area contributed by atoms with Crippen LogP contribution >= 0.6 is 0 Å². The molecule has 2 amide bonds. The smallest absolute Gasteiger partial charge is 0.259 e. The predicted molar refractivity (Wildman–Crippen MR) is 96.9 cm³/mol. The zero-order chi connectivity index (χ0) is 18.5. The van der Waals surface area contributed by atoms with Crippen LogP contribution in [0.1, 0.15) is 56.3 Å². The van der Waals surface area contributed by atoms with E-state index in [0.717, 1.165) is 32.1 Å². The highest BCUT2D eigenvalue weighted by molar-refractivity contribution is 5.97. The van der Waals surface area contributed by atoms with Crippen molar-refractivity contribution < 1.29 is 14.3 Å². The molecule has 0 spiro atoms. The zero-order valence-corrected chi connectivity index (χ0v) is 15.8. The number of pyridine rings is 1. The van der Waals surface area contributed by atoms with E-state index < -0.39 is 0 Å². The normalized spacial score (nSPS) is 33.0. The SMILES string of the molecule is COc1ncccc1C(=O)N1C[C@@H]2C[C@@]3(C)[C@H](CCCC[C@@H]13)N2C(C)=O. The lowest BCUT2D eigenvalue weighted by atomic mass is 9.71. The number of ether oxygens (including phenoxy) is 1. The third-order valence-electron chi connectivity index (χ3n) is 6.74. The van der Waals surface area contributed by atoms with E-state index in [1.807, 2.05) is 4.90 Å². The molecule has 3 aliphatic rings. The maximum Gasteiger partial charge on any atom is 0.259 e. The largest absolute Gasteiger partial charge is 0.480 e. The molecule has 0 aromatic carbocycles. The predicted octanol–water partition coefficient (Wildman–Crippen LogP) is 2.48. The van der Waals surface area contributed by atoms with Crippen LogP contribution in [0.3, 0.4) is 0 Å². The second-order valence-electron chi connectivity index (χ2n) is 8.12. The van der Waals surface area contributed by atoms with Gasteiger partial charge in [-0.15, -0.1) is 0 Å². The van der Waals surface area contributed by atoms with Crippen molar-refractivity contribution in [1.82, 2.24) is 14.8 Å². The third kappa shape index (κ3) is 2.42. The molecule has 1 saturated carbocycles. The Balaban J connectivity index is 1.74. The van der Waals surface area contributed by atoms with Crippen LogP contribution < -0.4 is 4.74 Å². The minimum atomic E-state index is -0.0316. The molecule has 2 bridgehead atoms. The van der Waals surface area contributed by atoms with Gasteiger partial charge in [0.2, 0.25) is 11.8 Å². The minimum Gasteiger partial charge on any atom is -0.480 e. The first-order chi connectivity index (χ1) is 12.5. The fourth-order valence-corrected chi connectivity index (χ4v) is 5.74. The number of piperidine rings is 1. The molecule has 3 fully saturated rings. The molecule has 1 aromatic heterocycles. The molecule has 2 saturated heterocycles. The van der Waals surface area contributed by atoms with E-state index in [9.17, 15) is 9.59 Å². The Bertz CT molecular complexity index is 737. The van der Waals surface area contributed by atoms with Gasteiger partial charge in [0, 0.05) is 37.2 Å². The third-order valence-corrected chi connectivity index (χ3v) is 6.74. The van der Waals surface area contributed by atoms with Gasteiger partial charge in [0.1, 0.15) is 5.56 Å². The summed E-state index contributed by atoms with van der Waals surface area (Å²) in [4.78, 5) is 34.1. The Hall–Kier alpha value is -2.11. The number of aromatic nitrogens is 1. The lowest BCUT2D eigenvalue weighted by Crippen LogP contribution is -2.55. The Labute approximate surface area is 154 Å². The summed E-state index contributed by atoms with van der Waals surface area (Å²) in [7, 11) is 1.54. The highest BCUT2D eigenvalue weighted by atomic mass is 16.5. The van der Waals surface area contributed by atoms with Crippen molar-refractivity contribution >= 4 is 11.8 Å². The monoisotopic (exact) mass is 357 g/mol. The van der Waals surface area contributed by atoms with Crippen LogP contribution in [0.5, 0.6) is 5.88 Å². The number of amides is 2. The zero-order valence-electron chi connectivity index (χ0n) is 15.8. The number of rotatable bonds is 2. The fourth-order valence-electron chi connectivity index (χ4n) is 5.74. The van der Waals surface area contributed by atoms with Gasteiger partial charge >= 0.3 is 0 Å². The number of hydrogen-bond acceptors (Lipinski definition) is 4. The summed E-state index contributed by atoms with van der Waals surface area (Å²) in [6.45, 7) is 4.55. The molecule has 0 unspecified atom stereocenters. The van der Waals surface area contributed by atoms with Gasteiger partial charge in [0.05, 0.1) is 13.2 Å². The van der Waals surface area contributed by atoms with E-state index in [1.165, 1.54) is 0 Å². The second kappa shape index (κ2) is 6.25. The number of fused-ring (bicyclic) bond motifs is 1. The van der Waals surface area contributed by atoms with Crippen molar-refractivity contribution in [3.05, 3.63) is 23.9 Å². The average molecular weight is 357 g/mol. The fraction of sp³-hybridized carbons (Fsp3) is 0.650. The molecule has 26 heavy (non-hydrogen) atoms. The van der Waals surface area contributed by atoms with E-state index in [2.05, 4.69) is 16.8 Å². The number of hydrogen-bond donors (Lipinski definition) is 0. The lowest BCUT2D eigenvalue weighted by Gasteiger charge is -2.46.